The molecule has 1 aromatic carbocycles. The van der Waals surface area contributed by atoms with Gasteiger partial charge in [-0.1, -0.05) is 13.0 Å². The average Bonchev–Trinajstić information content (AvgIpc) is 2.94. The van der Waals surface area contributed by atoms with Crippen molar-refractivity contribution in [1.82, 2.24) is 5.32 Å². The zero-order valence-corrected chi connectivity index (χ0v) is 13.9. The Hall–Kier alpha value is -1.52. The zero-order valence-electron chi connectivity index (χ0n) is 13.1. The van der Waals surface area contributed by atoms with E-state index in [1.165, 1.54) is 16.2 Å². The highest BCUT2D eigenvalue weighted by atomic mass is 32.1. The van der Waals surface area contributed by atoms with E-state index >= 15 is 0 Å². The number of hydrogen-bond donors (Lipinski definition) is 1. The molecule has 0 radical (unpaired) electrons. The van der Waals surface area contributed by atoms with Gasteiger partial charge in [-0.3, -0.25) is 0 Å². The van der Waals surface area contributed by atoms with Crippen LogP contribution in [0.2, 0.25) is 0 Å². The molecule has 0 saturated carbocycles. The van der Waals surface area contributed by atoms with E-state index in [0.717, 1.165) is 24.5 Å². The molecule has 0 aliphatic rings. The number of rotatable bonds is 8. The van der Waals surface area contributed by atoms with Crippen molar-refractivity contribution in [2.45, 2.75) is 26.5 Å². The highest BCUT2D eigenvalue weighted by Crippen LogP contribution is 2.22. The second-order valence-corrected chi connectivity index (χ2v) is 6.48. The summed E-state index contributed by atoms with van der Waals surface area (Å²) in [6.45, 7) is 4.84. The minimum atomic E-state index is 0.634. The largest absolute Gasteiger partial charge is 0.488 e. The van der Waals surface area contributed by atoms with Gasteiger partial charge < -0.3 is 15.0 Å². The number of thiophene rings is 1. The molecule has 2 aromatic rings. The standard InChI is InChI=1S/C17H24N2OS/c1-4-10-18-12-16-8-9-17(21-16)13-20-15-7-5-6-14(11-15)19(2)3/h5-9,11,18H,4,10,12-13H2,1-3H3. The van der Waals surface area contributed by atoms with Crippen molar-refractivity contribution < 1.29 is 4.74 Å². The highest BCUT2D eigenvalue weighted by Gasteiger charge is 2.03. The summed E-state index contributed by atoms with van der Waals surface area (Å²) in [7, 11) is 4.07. The van der Waals surface area contributed by atoms with Crippen molar-refractivity contribution in [2.24, 2.45) is 0 Å². The van der Waals surface area contributed by atoms with E-state index in [-0.39, 0.29) is 0 Å². The molecule has 114 valence electrons. The third-order valence-corrected chi connectivity index (χ3v) is 4.22. The topological polar surface area (TPSA) is 24.5 Å². The lowest BCUT2D eigenvalue weighted by molar-refractivity contribution is 0.310. The maximum absolute atomic E-state index is 5.89. The average molecular weight is 304 g/mol. The fraction of sp³-hybridized carbons (Fsp3) is 0.412. The Kier molecular flexibility index (Phi) is 6.08. The molecule has 0 atom stereocenters. The van der Waals surface area contributed by atoms with Crippen LogP contribution in [0.25, 0.3) is 0 Å². The Balaban J connectivity index is 1.86. The first-order chi connectivity index (χ1) is 10.2. The predicted molar refractivity (Wildman–Crippen MR) is 91.4 cm³/mol. The second-order valence-electron chi connectivity index (χ2n) is 5.23. The molecule has 1 heterocycles. The molecule has 3 nitrogen and oxygen atoms in total. The molecule has 0 saturated heterocycles. The first-order valence-electron chi connectivity index (χ1n) is 7.37. The molecule has 1 N–H and O–H groups in total. The van der Waals surface area contributed by atoms with Gasteiger partial charge in [0, 0.05) is 42.1 Å². The van der Waals surface area contributed by atoms with Crippen molar-refractivity contribution in [2.75, 3.05) is 25.5 Å². The fourth-order valence-electron chi connectivity index (χ4n) is 1.99. The third-order valence-electron chi connectivity index (χ3n) is 3.16. The quantitative estimate of drug-likeness (QED) is 0.749. The molecule has 0 aliphatic heterocycles. The van der Waals surface area contributed by atoms with Crippen LogP contribution >= 0.6 is 11.3 Å². The fourth-order valence-corrected chi connectivity index (χ4v) is 2.89. The molecule has 21 heavy (non-hydrogen) atoms. The SMILES string of the molecule is CCCNCc1ccc(COc2cccc(N(C)C)c2)s1. The van der Waals surface area contributed by atoms with Gasteiger partial charge in [0.2, 0.25) is 0 Å². The van der Waals surface area contributed by atoms with E-state index in [2.05, 4.69) is 41.4 Å². The van der Waals surface area contributed by atoms with Gasteiger partial charge in [-0.25, -0.2) is 0 Å². The Morgan fingerprint density at radius 1 is 1.14 bits per heavy atom. The lowest BCUT2D eigenvalue weighted by Gasteiger charge is -2.13. The first-order valence-corrected chi connectivity index (χ1v) is 8.19. The number of hydrogen-bond acceptors (Lipinski definition) is 4. The van der Waals surface area contributed by atoms with Crippen LogP contribution in [0.5, 0.6) is 5.75 Å². The number of nitrogens with one attached hydrogen (secondary N) is 1. The van der Waals surface area contributed by atoms with E-state index in [1.54, 1.807) is 0 Å². The van der Waals surface area contributed by atoms with Crippen LogP contribution in [0.1, 0.15) is 23.1 Å². The molecule has 0 bridgehead atoms. The molecule has 0 fully saturated rings. The minimum absolute atomic E-state index is 0.634. The van der Waals surface area contributed by atoms with Gasteiger partial charge in [0.15, 0.2) is 0 Å². The van der Waals surface area contributed by atoms with Crippen molar-refractivity contribution >= 4 is 17.0 Å². The monoisotopic (exact) mass is 304 g/mol. The summed E-state index contributed by atoms with van der Waals surface area (Å²) < 4.78 is 5.89. The molecule has 0 spiro atoms. The van der Waals surface area contributed by atoms with E-state index in [0.29, 0.717) is 6.61 Å². The number of benzene rings is 1. The first kappa shape index (κ1) is 15.9. The van der Waals surface area contributed by atoms with Crippen LogP contribution in [0.15, 0.2) is 36.4 Å². The molecule has 0 aliphatic carbocycles. The zero-order chi connectivity index (χ0) is 15.1. The van der Waals surface area contributed by atoms with E-state index in [1.807, 2.05) is 37.6 Å². The lowest BCUT2D eigenvalue weighted by Crippen LogP contribution is -2.12. The lowest BCUT2D eigenvalue weighted by atomic mass is 10.3. The molecule has 0 amide bonds. The molecule has 1 aromatic heterocycles. The summed E-state index contributed by atoms with van der Waals surface area (Å²) in [6, 6.07) is 12.5. The maximum atomic E-state index is 5.89. The maximum Gasteiger partial charge on any atom is 0.122 e. The Labute approximate surface area is 131 Å². The Morgan fingerprint density at radius 2 is 1.95 bits per heavy atom. The summed E-state index contributed by atoms with van der Waals surface area (Å²) in [4.78, 5) is 4.71. The van der Waals surface area contributed by atoms with Gasteiger partial charge in [0.1, 0.15) is 12.4 Å². The number of ether oxygens (including phenoxy) is 1. The van der Waals surface area contributed by atoms with Crippen LogP contribution in [-0.4, -0.2) is 20.6 Å². The number of nitrogens with zero attached hydrogens (tertiary/aromatic N) is 1. The van der Waals surface area contributed by atoms with E-state index in [4.69, 9.17) is 4.74 Å². The number of anilines is 1. The smallest absolute Gasteiger partial charge is 0.122 e. The van der Waals surface area contributed by atoms with Crippen LogP contribution < -0.4 is 15.0 Å². The van der Waals surface area contributed by atoms with E-state index in [9.17, 15) is 0 Å². The van der Waals surface area contributed by atoms with Gasteiger partial charge in [0.25, 0.3) is 0 Å². The molecular formula is C17H24N2OS. The van der Waals surface area contributed by atoms with Crippen molar-refractivity contribution in [3.8, 4) is 5.75 Å². The summed E-state index contributed by atoms with van der Waals surface area (Å²) in [5, 5.41) is 3.42. The van der Waals surface area contributed by atoms with Crippen molar-refractivity contribution in [3.63, 3.8) is 0 Å². The van der Waals surface area contributed by atoms with Crippen molar-refractivity contribution in [1.29, 1.82) is 0 Å². The van der Waals surface area contributed by atoms with E-state index < -0.39 is 0 Å². The summed E-state index contributed by atoms with van der Waals surface area (Å²) in [6.07, 6.45) is 1.17. The molecular weight excluding hydrogens is 280 g/mol. The minimum Gasteiger partial charge on any atom is -0.488 e. The summed E-state index contributed by atoms with van der Waals surface area (Å²) in [5.74, 6) is 0.917. The van der Waals surface area contributed by atoms with Crippen molar-refractivity contribution in [3.05, 3.63) is 46.2 Å². The Morgan fingerprint density at radius 3 is 2.71 bits per heavy atom. The van der Waals surface area contributed by atoms with Gasteiger partial charge in [-0.05, 0) is 37.2 Å². The molecule has 0 unspecified atom stereocenters. The second kappa shape index (κ2) is 8.05. The van der Waals surface area contributed by atoms with Crippen LogP contribution in [0.4, 0.5) is 5.69 Å². The van der Waals surface area contributed by atoms with Crippen LogP contribution in [0, 0.1) is 0 Å². The van der Waals surface area contributed by atoms with Gasteiger partial charge in [0.05, 0.1) is 0 Å². The predicted octanol–water partition coefficient (Wildman–Crippen LogP) is 3.89. The summed E-state index contributed by atoms with van der Waals surface area (Å²) in [5.41, 5.74) is 1.16. The normalized spacial score (nSPS) is 10.6. The third kappa shape index (κ3) is 5.06. The van der Waals surface area contributed by atoms with Crippen LogP contribution in [-0.2, 0) is 13.2 Å². The highest BCUT2D eigenvalue weighted by molar-refractivity contribution is 7.11. The van der Waals surface area contributed by atoms with Gasteiger partial charge in [-0.2, -0.15) is 0 Å². The summed E-state index contributed by atoms with van der Waals surface area (Å²) >= 11 is 1.82. The van der Waals surface area contributed by atoms with Gasteiger partial charge in [-0.15, -0.1) is 11.3 Å². The Bertz CT molecular complexity index is 551. The van der Waals surface area contributed by atoms with Crippen LogP contribution in [0.3, 0.4) is 0 Å². The molecule has 4 heteroatoms. The van der Waals surface area contributed by atoms with Gasteiger partial charge >= 0.3 is 0 Å². The molecule has 2 rings (SSSR count).